The van der Waals surface area contributed by atoms with Crippen LogP contribution in [0, 0.1) is 6.92 Å². The van der Waals surface area contributed by atoms with Gasteiger partial charge in [-0.1, -0.05) is 6.07 Å². The first-order valence-corrected chi connectivity index (χ1v) is 9.05. The zero-order valence-electron chi connectivity index (χ0n) is 12.5. The van der Waals surface area contributed by atoms with Crippen LogP contribution in [0.25, 0.3) is 0 Å². The number of rotatable bonds is 6. The van der Waals surface area contributed by atoms with E-state index in [1.807, 2.05) is 36.9 Å². The minimum Gasteiger partial charge on any atom is -0.316 e. The third-order valence-corrected chi connectivity index (χ3v) is 5.91. The maximum Gasteiger partial charge on any atom is 0.243 e. The highest BCUT2D eigenvalue weighted by molar-refractivity contribution is 7.89. The first-order chi connectivity index (χ1) is 9.95. The molecule has 0 spiro atoms. The van der Waals surface area contributed by atoms with Crippen molar-refractivity contribution >= 4 is 21.4 Å². The third kappa shape index (κ3) is 3.71. The molecule has 1 aromatic heterocycles. The van der Waals surface area contributed by atoms with E-state index in [1.165, 1.54) is 4.31 Å². The fourth-order valence-corrected chi connectivity index (χ4v) is 3.96. The first kappa shape index (κ1) is 16.2. The van der Waals surface area contributed by atoms with Crippen LogP contribution >= 0.6 is 11.3 Å². The topological polar surface area (TPSA) is 49.4 Å². The number of nitrogens with zero attached hydrogens (tertiary/aromatic N) is 1. The molecular weight excluding hydrogens is 304 g/mol. The summed E-state index contributed by atoms with van der Waals surface area (Å²) in [6.07, 6.45) is 0. The Morgan fingerprint density at radius 2 is 2.05 bits per heavy atom. The molecule has 0 saturated carbocycles. The smallest absolute Gasteiger partial charge is 0.243 e. The summed E-state index contributed by atoms with van der Waals surface area (Å²) in [7, 11) is 0.00372. The molecule has 0 bridgehead atoms. The molecule has 1 N–H and O–H groups in total. The summed E-state index contributed by atoms with van der Waals surface area (Å²) in [5.41, 5.74) is 3.10. The van der Waals surface area contributed by atoms with Gasteiger partial charge in [-0.25, -0.2) is 8.42 Å². The van der Waals surface area contributed by atoms with Gasteiger partial charge in [-0.3, -0.25) is 0 Å². The highest BCUT2D eigenvalue weighted by Gasteiger charge is 2.21. The summed E-state index contributed by atoms with van der Waals surface area (Å²) in [4.78, 5) is 0.344. The molecule has 0 aliphatic heterocycles. The van der Waals surface area contributed by atoms with E-state index in [4.69, 9.17) is 0 Å². The van der Waals surface area contributed by atoms with Crippen LogP contribution in [-0.4, -0.2) is 26.8 Å². The van der Waals surface area contributed by atoms with Crippen LogP contribution in [-0.2, 0) is 23.1 Å². The molecule has 0 aliphatic carbocycles. The Morgan fingerprint density at radius 1 is 1.29 bits per heavy atom. The van der Waals surface area contributed by atoms with Crippen molar-refractivity contribution in [3.05, 3.63) is 51.7 Å². The monoisotopic (exact) mass is 324 g/mol. The molecule has 6 heteroatoms. The Kier molecular flexibility index (Phi) is 5.16. The van der Waals surface area contributed by atoms with Crippen molar-refractivity contribution in [2.45, 2.75) is 24.9 Å². The standard InChI is InChI=1S/C15H20N2O2S2/c1-12-4-5-15(8-14(12)9-16-2)21(18,19)17(3)10-13-6-7-20-11-13/h4-8,11,16H,9-10H2,1-3H3. The van der Waals surface area contributed by atoms with E-state index < -0.39 is 10.0 Å². The molecule has 21 heavy (non-hydrogen) atoms. The van der Waals surface area contributed by atoms with Crippen molar-refractivity contribution in [1.82, 2.24) is 9.62 Å². The lowest BCUT2D eigenvalue weighted by molar-refractivity contribution is 0.467. The largest absolute Gasteiger partial charge is 0.316 e. The SMILES string of the molecule is CNCc1cc(S(=O)(=O)N(C)Cc2ccsc2)ccc1C. The van der Waals surface area contributed by atoms with Crippen LogP contribution in [0.3, 0.4) is 0 Å². The first-order valence-electron chi connectivity index (χ1n) is 6.66. The normalized spacial score (nSPS) is 12.0. The Hall–Kier alpha value is -1.21. The van der Waals surface area contributed by atoms with E-state index in [-0.39, 0.29) is 0 Å². The summed E-state index contributed by atoms with van der Waals surface area (Å²) >= 11 is 1.57. The molecule has 0 aliphatic rings. The average molecular weight is 324 g/mol. The van der Waals surface area contributed by atoms with Gasteiger partial charge < -0.3 is 5.32 Å². The summed E-state index contributed by atoms with van der Waals surface area (Å²) in [6.45, 7) is 3.03. The van der Waals surface area contributed by atoms with Gasteiger partial charge in [0.1, 0.15) is 0 Å². The van der Waals surface area contributed by atoms with Gasteiger partial charge in [0, 0.05) is 20.1 Å². The number of sulfonamides is 1. The summed E-state index contributed by atoms with van der Waals surface area (Å²) in [5, 5.41) is 6.98. The summed E-state index contributed by atoms with van der Waals surface area (Å²) < 4.78 is 26.7. The van der Waals surface area contributed by atoms with Crippen molar-refractivity contribution in [2.24, 2.45) is 0 Å². The fourth-order valence-electron chi connectivity index (χ4n) is 2.09. The second-order valence-corrected chi connectivity index (χ2v) is 7.84. The van der Waals surface area contributed by atoms with Crippen molar-refractivity contribution in [3.8, 4) is 0 Å². The Balaban J connectivity index is 2.28. The third-order valence-electron chi connectivity index (χ3n) is 3.38. The molecule has 4 nitrogen and oxygen atoms in total. The van der Waals surface area contributed by atoms with E-state index in [9.17, 15) is 8.42 Å². The lowest BCUT2D eigenvalue weighted by Gasteiger charge is -2.18. The van der Waals surface area contributed by atoms with Crippen LogP contribution in [0.5, 0.6) is 0 Å². The predicted octanol–water partition coefficient (Wildman–Crippen LogP) is 2.60. The molecule has 0 fully saturated rings. The number of benzene rings is 1. The Morgan fingerprint density at radius 3 is 2.67 bits per heavy atom. The van der Waals surface area contributed by atoms with Gasteiger partial charge in [0.25, 0.3) is 0 Å². The van der Waals surface area contributed by atoms with Gasteiger partial charge in [0.05, 0.1) is 4.90 Å². The lowest BCUT2D eigenvalue weighted by Crippen LogP contribution is -2.26. The molecule has 114 valence electrons. The highest BCUT2D eigenvalue weighted by atomic mass is 32.2. The van der Waals surface area contributed by atoms with E-state index in [1.54, 1.807) is 30.5 Å². The molecular formula is C15H20N2O2S2. The van der Waals surface area contributed by atoms with Gasteiger partial charge in [-0.2, -0.15) is 15.6 Å². The quantitative estimate of drug-likeness (QED) is 0.888. The van der Waals surface area contributed by atoms with Crippen molar-refractivity contribution in [2.75, 3.05) is 14.1 Å². The molecule has 2 aromatic rings. The number of hydrogen-bond donors (Lipinski definition) is 1. The van der Waals surface area contributed by atoms with E-state index in [0.29, 0.717) is 18.0 Å². The predicted molar refractivity (Wildman–Crippen MR) is 86.9 cm³/mol. The zero-order chi connectivity index (χ0) is 15.5. The van der Waals surface area contributed by atoms with E-state index >= 15 is 0 Å². The highest BCUT2D eigenvalue weighted by Crippen LogP contribution is 2.20. The van der Waals surface area contributed by atoms with Crippen molar-refractivity contribution in [1.29, 1.82) is 0 Å². The average Bonchev–Trinajstić information content (AvgIpc) is 2.94. The van der Waals surface area contributed by atoms with Crippen LogP contribution < -0.4 is 5.32 Å². The molecule has 0 unspecified atom stereocenters. The Labute approximate surface area is 130 Å². The summed E-state index contributed by atoms with van der Waals surface area (Å²) in [6, 6.07) is 7.23. The zero-order valence-corrected chi connectivity index (χ0v) is 14.1. The van der Waals surface area contributed by atoms with Gasteiger partial charge in [-0.05, 0) is 59.6 Å². The lowest BCUT2D eigenvalue weighted by atomic mass is 10.1. The Bertz CT molecular complexity index is 694. The van der Waals surface area contributed by atoms with Crippen LogP contribution in [0.1, 0.15) is 16.7 Å². The maximum atomic E-state index is 12.6. The van der Waals surface area contributed by atoms with Crippen LogP contribution in [0.2, 0.25) is 0 Å². The summed E-state index contributed by atoms with van der Waals surface area (Å²) in [5.74, 6) is 0. The number of thiophene rings is 1. The minimum absolute atomic E-state index is 0.344. The van der Waals surface area contributed by atoms with Crippen molar-refractivity contribution < 1.29 is 8.42 Å². The van der Waals surface area contributed by atoms with Crippen LogP contribution in [0.15, 0.2) is 39.9 Å². The number of aryl methyl sites for hydroxylation is 1. The molecule has 0 radical (unpaired) electrons. The van der Waals surface area contributed by atoms with Crippen molar-refractivity contribution in [3.63, 3.8) is 0 Å². The molecule has 2 rings (SSSR count). The second-order valence-electron chi connectivity index (χ2n) is 5.01. The molecule has 0 saturated heterocycles. The molecule has 0 amide bonds. The minimum atomic E-state index is -3.46. The second kappa shape index (κ2) is 6.70. The number of hydrogen-bond acceptors (Lipinski definition) is 4. The van der Waals surface area contributed by atoms with E-state index in [0.717, 1.165) is 16.7 Å². The van der Waals surface area contributed by atoms with Gasteiger partial charge >= 0.3 is 0 Å². The number of nitrogens with one attached hydrogen (secondary N) is 1. The maximum absolute atomic E-state index is 12.6. The molecule has 1 aromatic carbocycles. The molecule has 0 atom stereocenters. The van der Waals surface area contributed by atoms with Gasteiger partial charge in [0.2, 0.25) is 10.0 Å². The van der Waals surface area contributed by atoms with E-state index in [2.05, 4.69) is 5.32 Å². The van der Waals surface area contributed by atoms with Gasteiger partial charge in [-0.15, -0.1) is 0 Å². The fraction of sp³-hybridized carbons (Fsp3) is 0.333. The van der Waals surface area contributed by atoms with Crippen LogP contribution in [0.4, 0.5) is 0 Å². The molecule has 1 heterocycles. The van der Waals surface area contributed by atoms with Gasteiger partial charge in [0.15, 0.2) is 0 Å².